The molecule has 1 aliphatic heterocycles. The van der Waals surface area contributed by atoms with E-state index in [9.17, 15) is 5.11 Å². The second-order valence-electron chi connectivity index (χ2n) is 4.95. The number of aliphatic imine (C=N–C) groups is 1. The molecule has 1 aromatic rings. The molecule has 2 rings (SSSR count). The first-order chi connectivity index (χ1) is 10.3. The number of rotatable bonds is 6. The highest BCUT2D eigenvalue weighted by Gasteiger charge is 2.12. The van der Waals surface area contributed by atoms with Crippen molar-refractivity contribution in [2.24, 2.45) is 10.7 Å². The van der Waals surface area contributed by atoms with Crippen LogP contribution in [0.5, 0.6) is 0 Å². The van der Waals surface area contributed by atoms with Gasteiger partial charge in [-0.15, -0.1) is 0 Å². The van der Waals surface area contributed by atoms with E-state index in [2.05, 4.69) is 4.99 Å². The number of nitrogens with zero attached hydrogens (tertiary/aromatic N) is 2. The summed E-state index contributed by atoms with van der Waals surface area (Å²) in [6.45, 7) is 3.80. The second kappa shape index (κ2) is 8.61. The zero-order valence-electron chi connectivity index (χ0n) is 12.1. The lowest BCUT2D eigenvalue weighted by Gasteiger charge is -2.27. The molecule has 0 saturated carbocycles. The molecule has 0 radical (unpaired) electrons. The molecule has 0 aliphatic carbocycles. The summed E-state index contributed by atoms with van der Waals surface area (Å²) in [6, 6.07) is 9.86. The zero-order valence-corrected chi connectivity index (χ0v) is 12.1. The van der Waals surface area contributed by atoms with Crippen molar-refractivity contribution in [3.63, 3.8) is 0 Å². The van der Waals surface area contributed by atoms with Gasteiger partial charge in [0.15, 0.2) is 5.96 Å². The molecule has 1 saturated heterocycles. The molecule has 6 heteroatoms. The van der Waals surface area contributed by atoms with Gasteiger partial charge in [0.2, 0.25) is 0 Å². The Morgan fingerprint density at radius 1 is 1.33 bits per heavy atom. The van der Waals surface area contributed by atoms with Crippen LogP contribution in [-0.2, 0) is 16.1 Å². The van der Waals surface area contributed by atoms with Gasteiger partial charge in [-0.1, -0.05) is 30.3 Å². The molecule has 0 aromatic heterocycles. The summed E-state index contributed by atoms with van der Waals surface area (Å²) in [4.78, 5) is 6.17. The Labute approximate surface area is 125 Å². The lowest BCUT2D eigenvalue weighted by molar-refractivity contribution is 0.0327. The van der Waals surface area contributed by atoms with E-state index in [4.69, 9.17) is 15.2 Å². The largest absolute Gasteiger partial charge is 0.389 e. The van der Waals surface area contributed by atoms with Gasteiger partial charge in [0.25, 0.3) is 0 Å². The highest BCUT2D eigenvalue weighted by Crippen LogP contribution is 2.01. The molecule has 0 bridgehead atoms. The number of aliphatic hydroxyl groups excluding tert-OH is 1. The van der Waals surface area contributed by atoms with Crippen LogP contribution >= 0.6 is 0 Å². The van der Waals surface area contributed by atoms with E-state index >= 15 is 0 Å². The first-order valence-electron chi connectivity index (χ1n) is 7.18. The predicted octanol–water partition coefficient (Wildman–Crippen LogP) is 0.211. The van der Waals surface area contributed by atoms with Crippen molar-refractivity contribution < 1.29 is 14.6 Å². The van der Waals surface area contributed by atoms with Gasteiger partial charge in [-0.2, -0.15) is 0 Å². The number of benzene rings is 1. The minimum Gasteiger partial charge on any atom is -0.389 e. The fraction of sp³-hybridized carbons (Fsp3) is 0.533. The number of nitrogens with two attached hydrogens (primary N) is 1. The Kier molecular flexibility index (Phi) is 6.46. The summed E-state index contributed by atoms with van der Waals surface area (Å²) < 4.78 is 10.7. The molecule has 1 heterocycles. The number of ether oxygens (including phenoxy) is 2. The third kappa shape index (κ3) is 5.71. The summed E-state index contributed by atoms with van der Waals surface area (Å²) in [7, 11) is 0. The van der Waals surface area contributed by atoms with Gasteiger partial charge in [-0.3, -0.25) is 4.99 Å². The molecule has 21 heavy (non-hydrogen) atoms. The maximum atomic E-state index is 9.84. The van der Waals surface area contributed by atoms with Crippen molar-refractivity contribution in [2.45, 2.75) is 12.7 Å². The van der Waals surface area contributed by atoms with Gasteiger partial charge < -0.3 is 25.2 Å². The second-order valence-corrected chi connectivity index (χ2v) is 4.95. The average Bonchev–Trinajstić information content (AvgIpc) is 2.54. The monoisotopic (exact) mass is 293 g/mol. The number of morpholine rings is 1. The van der Waals surface area contributed by atoms with E-state index in [1.807, 2.05) is 35.2 Å². The van der Waals surface area contributed by atoms with E-state index in [0.29, 0.717) is 25.8 Å². The molecule has 1 fully saturated rings. The van der Waals surface area contributed by atoms with Crippen molar-refractivity contribution in [3.05, 3.63) is 35.9 Å². The normalized spacial score (nSPS) is 17.8. The van der Waals surface area contributed by atoms with Crippen LogP contribution in [0.4, 0.5) is 0 Å². The van der Waals surface area contributed by atoms with Crippen molar-refractivity contribution in [2.75, 3.05) is 39.5 Å². The Hall–Kier alpha value is -1.63. The molecule has 0 amide bonds. The van der Waals surface area contributed by atoms with Crippen LogP contribution in [0.1, 0.15) is 5.56 Å². The van der Waals surface area contributed by atoms with Gasteiger partial charge in [-0.05, 0) is 5.56 Å². The number of hydrogen-bond donors (Lipinski definition) is 2. The van der Waals surface area contributed by atoms with E-state index < -0.39 is 6.10 Å². The highest BCUT2D eigenvalue weighted by atomic mass is 16.5. The fourth-order valence-corrected chi connectivity index (χ4v) is 2.03. The Morgan fingerprint density at radius 2 is 2.05 bits per heavy atom. The van der Waals surface area contributed by atoms with Crippen molar-refractivity contribution in [3.8, 4) is 0 Å². The van der Waals surface area contributed by atoms with Crippen LogP contribution in [0.2, 0.25) is 0 Å². The third-order valence-electron chi connectivity index (χ3n) is 3.22. The summed E-state index contributed by atoms with van der Waals surface area (Å²) >= 11 is 0. The van der Waals surface area contributed by atoms with Crippen molar-refractivity contribution in [1.82, 2.24) is 4.90 Å². The van der Waals surface area contributed by atoms with E-state index in [0.717, 1.165) is 18.7 Å². The van der Waals surface area contributed by atoms with E-state index in [1.54, 1.807) is 0 Å². The fourth-order valence-electron chi connectivity index (χ4n) is 2.03. The first-order valence-corrected chi connectivity index (χ1v) is 7.18. The highest BCUT2D eigenvalue weighted by molar-refractivity contribution is 5.78. The SMILES string of the molecule is NC(=NCC(O)COCc1ccccc1)N1CCOCC1. The predicted molar refractivity (Wildman–Crippen MR) is 81.0 cm³/mol. The number of guanidine groups is 1. The third-order valence-corrected chi connectivity index (χ3v) is 3.22. The zero-order chi connectivity index (χ0) is 14.9. The molecule has 6 nitrogen and oxygen atoms in total. The Bertz CT molecular complexity index is 433. The van der Waals surface area contributed by atoms with Crippen molar-refractivity contribution in [1.29, 1.82) is 0 Å². The maximum absolute atomic E-state index is 9.84. The topological polar surface area (TPSA) is 80.3 Å². The van der Waals surface area contributed by atoms with Gasteiger partial charge >= 0.3 is 0 Å². The van der Waals surface area contributed by atoms with Crippen molar-refractivity contribution >= 4 is 5.96 Å². The minimum atomic E-state index is -0.645. The van der Waals surface area contributed by atoms with Crippen LogP contribution in [-0.4, -0.2) is 61.5 Å². The molecule has 1 atom stereocenters. The number of aliphatic hydroxyl groups is 1. The lowest BCUT2D eigenvalue weighted by atomic mass is 10.2. The van der Waals surface area contributed by atoms with Gasteiger partial charge in [-0.25, -0.2) is 0 Å². The van der Waals surface area contributed by atoms with E-state index in [-0.39, 0.29) is 13.2 Å². The molecular formula is C15H23N3O3. The van der Waals surface area contributed by atoms with Crippen LogP contribution in [0, 0.1) is 0 Å². The molecule has 1 aromatic carbocycles. The van der Waals surface area contributed by atoms with Crippen LogP contribution in [0.15, 0.2) is 35.3 Å². The maximum Gasteiger partial charge on any atom is 0.191 e. The molecule has 0 spiro atoms. The van der Waals surface area contributed by atoms with Gasteiger partial charge in [0.1, 0.15) is 0 Å². The quantitative estimate of drug-likeness (QED) is 0.579. The van der Waals surface area contributed by atoms with Crippen LogP contribution in [0.25, 0.3) is 0 Å². The molecule has 3 N–H and O–H groups in total. The van der Waals surface area contributed by atoms with Crippen LogP contribution < -0.4 is 5.73 Å². The van der Waals surface area contributed by atoms with Gasteiger partial charge in [0.05, 0.1) is 39.1 Å². The summed E-state index contributed by atoms with van der Waals surface area (Å²) in [6.07, 6.45) is -0.645. The lowest BCUT2D eigenvalue weighted by Crippen LogP contribution is -2.45. The molecule has 116 valence electrons. The Morgan fingerprint density at radius 3 is 2.76 bits per heavy atom. The van der Waals surface area contributed by atoms with E-state index in [1.165, 1.54) is 0 Å². The van der Waals surface area contributed by atoms with Gasteiger partial charge in [0, 0.05) is 13.1 Å². The summed E-state index contributed by atoms with van der Waals surface area (Å²) in [5.41, 5.74) is 6.97. The standard InChI is InChI=1S/C15H23N3O3/c16-15(18-6-8-20-9-7-18)17-10-14(19)12-21-11-13-4-2-1-3-5-13/h1-5,14,19H,6-12H2,(H2,16,17). The summed E-state index contributed by atoms with van der Waals surface area (Å²) in [5, 5.41) is 9.84. The average molecular weight is 293 g/mol. The van der Waals surface area contributed by atoms with Crippen LogP contribution in [0.3, 0.4) is 0 Å². The molecular weight excluding hydrogens is 270 g/mol. The smallest absolute Gasteiger partial charge is 0.191 e. The minimum absolute atomic E-state index is 0.245. The molecule has 1 aliphatic rings. The summed E-state index contributed by atoms with van der Waals surface area (Å²) in [5.74, 6) is 0.459. The number of hydrogen-bond acceptors (Lipinski definition) is 4. The Balaban J connectivity index is 1.65. The molecule has 1 unspecified atom stereocenters. The first kappa shape index (κ1) is 15.8.